The molecular weight excluding hydrogens is 380 g/mol. The Morgan fingerprint density at radius 2 is 1.00 bits per heavy atom. The first-order chi connectivity index (χ1) is 14.1. The lowest BCUT2D eigenvalue weighted by Crippen LogP contribution is -2.33. The predicted octanol–water partition coefficient (Wildman–Crippen LogP) is 0.257. The van der Waals surface area contributed by atoms with Gasteiger partial charge in [0.1, 0.15) is 0 Å². The molecule has 1 aromatic carbocycles. The minimum Gasteiger partial charge on any atom is -0.377 e. The molecular formula is C20H22N2O7. The number of benzene rings is 1. The molecule has 29 heavy (non-hydrogen) atoms. The maximum Gasteiger partial charge on any atom is 0.261 e. The number of nitrogens with zero attached hydrogens (tertiary/aromatic N) is 2. The Morgan fingerprint density at radius 3 is 1.48 bits per heavy atom. The minimum atomic E-state index is -0.326. The van der Waals surface area contributed by atoms with Crippen molar-refractivity contribution in [2.75, 3.05) is 52.7 Å². The largest absolute Gasteiger partial charge is 0.377 e. The molecule has 0 radical (unpaired) electrons. The fraction of sp³-hybridized carbons (Fsp3) is 0.400. The van der Waals surface area contributed by atoms with Crippen molar-refractivity contribution < 1.29 is 33.4 Å². The van der Waals surface area contributed by atoms with Gasteiger partial charge in [0, 0.05) is 12.2 Å². The Labute approximate surface area is 167 Å². The molecule has 0 fully saturated rings. The SMILES string of the molecule is O=C1C=CC(=O)N1CCOCCOCCOCCN1C(=O)c2ccccc2C1=O. The van der Waals surface area contributed by atoms with Crippen LogP contribution in [0, 0.1) is 0 Å². The van der Waals surface area contributed by atoms with Gasteiger partial charge in [-0.05, 0) is 12.1 Å². The highest BCUT2D eigenvalue weighted by Crippen LogP contribution is 2.21. The molecule has 0 saturated heterocycles. The summed E-state index contributed by atoms with van der Waals surface area (Å²) in [6.07, 6.45) is 2.47. The van der Waals surface area contributed by atoms with Gasteiger partial charge in [0.25, 0.3) is 23.6 Å². The first-order valence-corrected chi connectivity index (χ1v) is 9.31. The smallest absolute Gasteiger partial charge is 0.261 e. The summed E-state index contributed by atoms with van der Waals surface area (Å²) in [5, 5.41) is 0. The van der Waals surface area contributed by atoms with Crippen molar-refractivity contribution in [1.29, 1.82) is 0 Å². The number of fused-ring (bicyclic) bond motifs is 1. The van der Waals surface area contributed by atoms with Crippen LogP contribution in [0.4, 0.5) is 0 Å². The van der Waals surface area contributed by atoms with Gasteiger partial charge in [-0.1, -0.05) is 12.1 Å². The van der Waals surface area contributed by atoms with Crippen molar-refractivity contribution in [3.63, 3.8) is 0 Å². The number of hydrogen-bond donors (Lipinski definition) is 0. The molecule has 2 heterocycles. The van der Waals surface area contributed by atoms with Gasteiger partial charge < -0.3 is 14.2 Å². The van der Waals surface area contributed by atoms with E-state index in [0.29, 0.717) is 37.6 Å². The molecule has 0 bridgehead atoms. The lowest BCUT2D eigenvalue weighted by Gasteiger charge is -2.14. The summed E-state index contributed by atoms with van der Waals surface area (Å²) in [6, 6.07) is 6.75. The number of carbonyl (C=O) groups excluding carboxylic acids is 4. The van der Waals surface area contributed by atoms with Gasteiger partial charge in [0.05, 0.1) is 63.9 Å². The van der Waals surface area contributed by atoms with E-state index in [-0.39, 0.29) is 49.9 Å². The van der Waals surface area contributed by atoms with Gasteiger partial charge in [-0.3, -0.25) is 29.0 Å². The summed E-state index contributed by atoms with van der Waals surface area (Å²) in [5.74, 6) is -1.24. The molecule has 0 atom stereocenters. The van der Waals surface area contributed by atoms with Gasteiger partial charge in [0.2, 0.25) is 0 Å². The molecule has 1 aromatic rings. The van der Waals surface area contributed by atoms with Crippen molar-refractivity contribution in [2.24, 2.45) is 0 Å². The normalized spacial score (nSPS) is 15.7. The molecule has 0 aromatic heterocycles. The van der Waals surface area contributed by atoms with E-state index in [0.717, 1.165) is 4.90 Å². The summed E-state index contributed by atoms with van der Waals surface area (Å²) < 4.78 is 16.1. The fourth-order valence-electron chi connectivity index (χ4n) is 2.95. The van der Waals surface area contributed by atoms with E-state index in [2.05, 4.69) is 0 Å². The summed E-state index contributed by atoms with van der Waals surface area (Å²) in [7, 11) is 0. The van der Waals surface area contributed by atoms with E-state index < -0.39 is 0 Å². The molecule has 0 aliphatic carbocycles. The summed E-state index contributed by atoms with van der Waals surface area (Å²) in [4.78, 5) is 49.3. The van der Waals surface area contributed by atoms with Gasteiger partial charge in [-0.2, -0.15) is 0 Å². The van der Waals surface area contributed by atoms with Crippen LogP contribution in [0.2, 0.25) is 0 Å². The molecule has 154 valence electrons. The minimum absolute atomic E-state index is 0.193. The van der Waals surface area contributed by atoms with Gasteiger partial charge in [-0.25, -0.2) is 0 Å². The summed E-state index contributed by atoms with van der Waals surface area (Å²) in [6.45, 7) is 2.24. The molecule has 4 amide bonds. The van der Waals surface area contributed by atoms with Crippen LogP contribution in [0.15, 0.2) is 36.4 Å². The third kappa shape index (κ3) is 5.14. The number of imide groups is 2. The zero-order valence-electron chi connectivity index (χ0n) is 15.9. The van der Waals surface area contributed by atoms with Crippen molar-refractivity contribution >= 4 is 23.6 Å². The Hall–Kier alpha value is -2.88. The van der Waals surface area contributed by atoms with E-state index in [1.165, 1.54) is 17.1 Å². The molecule has 0 unspecified atom stereocenters. The molecule has 0 spiro atoms. The zero-order chi connectivity index (χ0) is 20.6. The molecule has 9 heteroatoms. The average Bonchev–Trinajstić information content (AvgIpc) is 3.17. The van der Waals surface area contributed by atoms with Crippen LogP contribution in [-0.4, -0.2) is 86.2 Å². The monoisotopic (exact) mass is 402 g/mol. The second kappa shape index (κ2) is 10.1. The topological polar surface area (TPSA) is 102 Å². The molecule has 9 nitrogen and oxygen atoms in total. The first kappa shape index (κ1) is 20.8. The highest BCUT2D eigenvalue weighted by Gasteiger charge is 2.34. The lowest BCUT2D eigenvalue weighted by molar-refractivity contribution is -0.137. The Balaban J connectivity index is 1.18. The Bertz CT molecular complexity index is 768. The standard InChI is InChI=1S/C20H22N2O7/c23-17-5-6-18(24)21(17)7-9-27-11-13-29-14-12-28-10-8-22-19(25)15-3-1-2-4-16(15)20(22)26/h1-6H,7-14H2. The third-order valence-corrected chi connectivity index (χ3v) is 4.44. The maximum atomic E-state index is 12.2. The van der Waals surface area contributed by atoms with Crippen LogP contribution < -0.4 is 0 Å². The van der Waals surface area contributed by atoms with Crippen LogP contribution in [0.5, 0.6) is 0 Å². The van der Waals surface area contributed by atoms with Gasteiger partial charge in [0.15, 0.2) is 0 Å². The number of carbonyl (C=O) groups is 4. The number of ether oxygens (including phenoxy) is 3. The first-order valence-electron chi connectivity index (χ1n) is 9.31. The van der Waals surface area contributed by atoms with E-state index in [1.807, 2.05) is 0 Å². The molecule has 2 aliphatic rings. The molecule has 0 saturated carbocycles. The number of rotatable bonds is 12. The second-order valence-corrected chi connectivity index (χ2v) is 6.31. The molecule has 2 aliphatic heterocycles. The van der Waals surface area contributed by atoms with E-state index >= 15 is 0 Å². The maximum absolute atomic E-state index is 12.2. The highest BCUT2D eigenvalue weighted by molar-refractivity contribution is 6.21. The van der Waals surface area contributed by atoms with Crippen molar-refractivity contribution in [3.05, 3.63) is 47.5 Å². The second-order valence-electron chi connectivity index (χ2n) is 6.31. The van der Waals surface area contributed by atoms with Crippen LogP contribution in [0.3, 0.4) is 0 Å². The fourth-order valence-corrected chi connectivity index (χ4v) is 2.95. The molecule has 0 N–H and O–H groups in total. The summed E-state index contributed by atoms with van der Waals surface area (Å²) >= 11 is 0. The van der Waals surface area contributed by atoms with E-state index in [1.54, 1.807) is 24.3 Å². The van der Waals surface area contributed by atoms with Crippen molar-refractivity contribution in [1.82, 2.24) is 9.80 Å². The summed E-state index contributed by atoms with van der Waals surface area (Å²) in [5.41, 5.74) is 0.853. The highest BCUT2D eigenvalue weighted by atomic mass is 16.5. The van der Waals surface area contributed by atoms with E-state index in [9.17, 15) is 19.2 Å². The van der Waals surface area contributed by atoms with E-state index in [4.69, 9.17) is 14.2 Å². The van der Waals surface area contributed by atoms with Crippen molar-refractivity contribution in [2.45, 2.75) is 0 Å². The average molecular weight is 402 g/mol. The van der Waals surface area contributed by atoms with Crippen LogP contribution in [0.1, 0.15) is 20.7 Å². The Kier molecular flexibility index (Phi) is 7.23. The van der Waals surface area contributed by atoms with Crippen LogP contribution in [0.25, 0.3) is 0 Å². The van der Waals surface area contributed by atoms with Gasteiger partial charge in [-0.15, -0.1) is 0 Å². The van der Waals surface area contributed by atoms with Crippen LogP contribution >= 0.6 is 0 Å². The number of hydrogen-bond acceptors (Lipinski definition) is 7. The molecule has 3 rings (SSSR count). The quantitative estimate of drug-likeness (QED) is 0.365. The predicted molar refractivity (Wildman–Crippen MR) is 100 cm³/mol. The van der Waals surface area contributed by atoms with Crippen molar-refractivity contribution in [3.8, 4) is 0 Å². The third-order valence-electron chi connectivity index (χ3n) is 4.44. The lowest BCUT2D eigenvalue weighted by atomic mass is 10.1. The number of amides is 4. The zero-order valence-corrected chi connectivity index (χ0v) is 15.9. The Morgan fingerprint density at radius 1 is 0.586 bits per heavy atom. The van der Waals surface area contributed by atoms with Gasteiger partial charge >= 0.3 is 0 Å². The van der Waals surface area contributed by atoms with Crippen LogP contribution in [-0.2, 0) is 23.8 Å².